The number of nitrogens with zero attached hydrogens (tertiary/aromatic N) is 1. The predicted molar refractivity (Wildman–Crippen MR) is 119 cm³/mol. The minimum absolute atomic E-state index is 0.134. The Morgan fingerprint density at radius 2 is 1.71 bits per heavy atom. The lowest BCUT2D eigenvalue weighted by atomic mass is 9.75. The van der Waals surface area contributed by atoms with Gasteiger partial charge < -0.3 is 20.1 Å². The summed E-state index contributed by atoms with van der Waals surface area (Å²) in [6.45, 7) is 3.56. The fraction of sp³-hybridized carbons (Fsp3) is 0.440. The summed E-state index contributed by atoms with van der Waals surface area (Å²) in [5, 5.41) is 0. The van der Waals surface area contributed by atoms with E-state index in [1.54, 1.807) is 11.8 Å². The normalized spacial score (nSPS) is 19.6. The van der Waals surface area contributed by atoms with Crippen molar-refractivity contribution in [1.82, 2.24) is 4.90 Å². The quantitative estimate of drug-likeness (QED) is 0.626. The summed E-state index contributed by atoms with van der Waals surface area (Å²) in [6.07, 6.45) is 1.95. The number of carbonyl (C=O) groups excluding carboxylic acids is 2. The number of hydrogen-bond acceptors (Lipinski definition) is 5. The monoisotopic (exact) mass is 424 g/mol. The van der Waals surface area contributed by atoms with Gasteiger partial charge in [-0.2, -0.15) is 0 Å². The van der Waals surface area contributed by atoms with E-state index in [4.69, 9.17) is 15.2 Å². The van der Waals surface area contributed by atoms with E-state index >= 15 is 0 Å². The van der Waals surface area contributed by atoms with Crippen molar-refractivity contribution in [3.8, 4) is 0 Å². The molecule has 2 atom stereocenters. The molecule has 0 radical (unpaired) electrons. The van der Waals surface area contributed by atoms with Crippen LogP contribution in [0.25, 0.3) is 0 Å². The molecule has 2 aromatic rings. The van der Waals surface area contributed by atoms with Crippen LogP contribution >= 0.6 is 0 Å². The zero-order valence-electron chi connectivity index (χ0n) is 18.2. The van der Waals surface area contributed by atoms with Crippen molar-refractivity contribution in [2.45, 2.75) is 38.8 Å². The van der Waals surface area contributed by atoms with Gasteiger partial charge in [-0.25, -0.2) is 0 Å². The summed E-state index contributed by atoms with van der Waals surface area (Å²) in [5.74, 6) is -0.431. The molecule has 1 saturated heterocycles. The van der Waals surface area contributed by atoms with Crippen LogP contribution in [0.2, 0.25) is 0 Å². The van der Waals surface area contributed by atoms with Crippen LogP contribution < -0.4 is 5.73 Å². The number of carbonyl (C=O) groups is 2. The minimum atomic E-state index is -0.765. The van der Waals surface area contributed by atoms with Crippen LogP contribution in [0.1, 0.15) is 30.9 Å². The van der Waals surface area contributed by atoms with Crippen LogP contribution in [-0.4, -0.2) is 49.1 Å². The van der Waals surface area contributed by atoms with Gasteiger partial charge >= 0.3 is 5.97 Å². The van der Waals surface area contributed by atoms with Crippen molar-refractivity contribution in [2.24, 2.45) is 11.1 Å². The summed E-state index contributed by atoms with van der Waals surface area (Å²) in [4.78, 5) is 27.7. The molecule has 2 N–H and O–H groups in total. The molecular formula is C25H32N2O4. The summed E-state index contributed by atoms with van der Waals surface area (Å²) < 4.78 is 11.1. The molecule has 0 aliphatic carbocycles. The second kappa shape index (κ2) is 11.1. The molecule has 0 aromatic heterocycles. The molecule has 1 aliphatic heterocycles. The summed E-state index contributed by atoms with van der Waals surface area (Å²) >= 11 is 0. The molecule has 166 valence electrons. The Hall–Kier alpha value is -2.70. The number of nitrogens with two attached hydrogens (primary N) is 1. The van der Waals surface area contributed by atoms with E-state index in [1.807, 2.05) is 60.7 Å². The Morgan fingerprint density at radius 3 is 2.35 bits per heavy atom. The van der Waals surface area contributed by atoms with Crippen molar-refractivity contribution in [3.63, 3.8) is 0 Å². The second-order valence-electron chi connectivity index (χ2n) is 8.13. The highest BCUT2D eigenvalue weighted by Gasteiger charge is 2.45. The van der Waals surface area contributed by atoms with Crippen molar-refractivity contribution in [3.05, 3.63) is 71.8 Å². The van der Waals surface area contributed by atoms with E-state index < -0.39 is 11.5 Å². The largest absolute Gasteiger partial charge is 0.466 e. The summed E-state index contributed by atoms with van der Waals surface area (Å²) in [6, 6.07) is 18.9. The van der Waals surface area contributed by atoms with Crippen molar-refractivity contribution in [2.75, 3.05) is 26.3 Å². The maximum absolute atomic E-state index is 13.0. The first-order valence-corrected chi connectivity index (χ1v) is 10.9. The topological polar surface area (TPSA) is 81.9 Å². The van der Waals surface area contributed by atoms with E-state index in [-0.39, 0.29) is 18.5 Å². The number of likely N-dealkylation sites (tertiary alicyclic amines) is 1. The van der Waals surface area contributed by atoms with Gasteiger partial charge in [0, 0.05) is 13.1 Å². The zero-order chi connectivity index (χ0) is 22.1. The average molecular weight is 425 g/mol. The van der Waals surface area contributed by atoms with Crippen LogP contribution in [0.3, 0.4) is 0 Å². The molecule has 2 aromatic carbocycles. The van der Waals surface area contributed by atoms with Crippen LogP contribution in [0.15, 0.2) is 60.7 Å². The standard InChI is InChI=1S/C25H32N2O4/c1-2-31-24(29)25(16-20-10-5-3-6-11-20)14-9-15-27(19-25)23(28)22(26)18-30-17-21-12-7-4-8-13-21/h3-8,10-13,22H,2,9,14-19,26H2,1H3/t22-,25+/m1/s1. The van der Waals surface area contributed by atoms with Crippen LogP contribution in [-0.2, 0) is 32.1 Å². The highest BCUT2D eigenvalue weighted by molar-refractivity contribution is 5.84. The number of rotatable bonds is 9. The Labute approximate surface area is 184 Å². The molecule has 3 rings (SSSR count). The van der Waals surface area contributed by atoms with Gasteiger partial charge in [0.1, 0.15) is 6.04 Å². The Morgan fingerprint density at radius 1 is 1.06 bits per heavy atom. The van der Waals surface area contributed by atoms with Gasteiger partial charge in [-0.15, -0.1) is 0 Å². The fourth-order valence-corrected chi connectivity index (χ4v) is 4.16. The van der Waals surface area contributed by atoms with E-state index in [1.165, 1.54) is 0 Å². The van der Waals surface area contributed by atoms with Crippen molar-refractivity contribution < 1.29 is 19.1 Å². The van der Waals surface area contributed by atoms with Gasteiger partial charge in [0.05, 0.1) is 25.2 Å². The van der Waals surface area contributed by atoms with Gasteiger partial charge in [0.15, 0.2) is 0 Å². The highest BCUT2D eigenvalue weighted by Crippen LogP contribution is 2.35. The number of benzene rings is 2. The first-order valence-electron chi connectivity index (χ1n) is 10.9. The van der Waals surface area contributed by atoms with E-state index in [2.05, 4.69) is 0 Å². The lowest BCUT2D eigenvalue weighted by molar-refractivity contribution is -0.161. The maximum Gasteiger partial charge on any atom is 0.314 e. The molecule has 1 aliphatic rings. The molecule has 1 amide bonds. The number of hydrogen-bond donors (Lipinski definition) is 1. The molecule has 6 heteroatoms. The molecule has 31 heavy (non-hydrogen) atoms. The van der Waals surface area contributed by atoms with Gasteiger partial charge in [0.25, 0.3) is 0 Å². The van der Waals surface area contributed by atoms with E-state index in [0.29, 0.717) is 39.1 Å². The smallest absolute Gasteiger partial charge is 0.314 e. The SMILES string of the molecule is CCOC(=O)[C@]1(Cc2ccccc2)CCCN(C(=O)[C@H](N)COCc2ccccc2)C1. The van der Waals surface area contributed by atoms with Crippen LogP contribution in [0, 0.1) is 5.41 Å². The maximum atomic E-state index is 13.0. The van der Waals surface area contributed by atoms with Crippen molar-refractivity contribution in [1.29, 1.82) is 0 Å². The van der Waals surface area contributed by atoms with E-state index in [0.717, 1.165) is 17.5 Å². The molecule has 0 bridgehead atoms. The first-order chi connectivity index (χ1) is 15.0. The molecule has 0 saturated carbocycles. The highest BCUT2D eigenvalue weighted by atomic mass is 16.5. The summed E-state index contributed by atoms with van der Waals surface area (Å²) in [5.41, 5.74) is 7.49. The number of amides is 1. The first kappa shape index (κ1) is 23.0. The molecule has 1 heterocycles. The van der Waals surface area contributed by atoms with Gasteiger partial charge in [0.2, 0.25) is 5.91 Å². The number of piperidine rings is 1. The lowest BCUT2D eigenvalue weighted by Crippen LogP contribution is -2.55. The molecular weight excluding hydrogens is 392 g/mol. The third-order valence-corrected chi connectivity index (χ3v) is 5.71. The number of esters is 1. The Balaban J connectivity index is 1.64. The van der Waals surface area contributed by atoms with Gasteiger partial charge in [-0.3, -0.25) is 9.59 Å². The third-order valence-electron chi connectivity index (χ3n) is 5.71. The Bertz CT molecular complexity index is 843. The molecule has 1 fully saturated rings. The van der Waals surface area contributed by atoms with Gasteiger partial charge in [-0.1, -0.05) is 60.7 Å². The molecule has 0 unspecified atom stereocenters. The van der Waals surface area contributed by atoms with Crippen LogP contribution in [0.4, 0.5) is 0 Å². The Kier molecular flexibility index (Phi) is 8.20. The van der Waals surface area contributed by atoms with Crippen molar-refractivity contribution >= 4 is 11.9 Å². The third kappa shape index (κ3) is 6.15. The summed E-state index contributed by atoms with van der Waals surface area (Å²) in [7, 11) is 0. The predicted octanol–water partition coefficient (Wildman–Crippen LogP) is 2.95. The lowest BCUT2D eigenvalue weighted by Gasteiger charge is -2.41. The van der Waals surface area contributed by atoms with E-state index in [9.17, 15) is 9.59 Å². The van der Waals surface area contributed by atoms with Crippen LogP contribution in [0.5, 0.6) is 0 Å². The number of ether oxygens (including phenoxy) is 2. The zero-order valence-corrected chi connectivity index (χ0v) is 18.2. The minimum Gasteiger partial charge on any atom is -0.466 e. The average Bonchev–Trinajstić information content (AvgIpc) is 2.80. The van der Waals surface area contributed by atoms with Gasteiger partial charge in [-0.05, 0) is 37.3 Å². The molecule has 0 spiro atoms. The molecule has 6 nitrogen and oxygen atoms in total. The second-order valence-corrected chi connectivity index (χ2v) is 8.13. The fourth-order valence-electron chi connectivity index (χ4n) is 4.16.